The van der Waals surface area contributed by atoms with Gasteiger partial charge in [-0.3, -0.25) is 0 Å². The number of amides is 2. The van der Waals surface area contributed by atoms with Crippen LogP contribution >= 0.6 is 11.6 Å². The van der Waals surface area contributed by atoms with Crippen molar-refractivity contribution in [3.8, 4) is 5.75 Å². The number of para-hydroxylation sites is 1. The van der Waals surface area contributed by atoms with E-state index in [2.05, 4.69) is 10.6 Å². The maximum absolute atomic E-state index is 11.8. The molecule has 116 valence electrons. The molecule has 4 nitrogen and oxygen atoms in total. The van der Waals surface area contributed by atoms with Crippen molar-refractivity contribution in [2.24, 2.45) is 0 Å². The van der Waals surface area contributed by atoms with E-state index >= 15 is 0 Å². The third kappa shape index (κ3) is 4.97. The lowest BCUT2D eigenvalue weighted by Gasteiger charge is -2.16. The lowest BCUT2D eigenvalue weighted by molar-refractivity contribution is 0.233. The average molecular weight is 319 g/mol. The molecule has 5 heteroatoms. The quantitative estimate of drug-likeness (QED) is 0.796. The molecule has 1 unspecified atom stereocenters. The van der Waals surface area contributed by atoms with Gasteiger partial charge in [-0.15, -0.1) is 0 Å². The Labute approximate surface area is 135 Å². The lowest BCUT2D eigenvalue weighted by atomic mass is 10.1. The minimum absolute atomic E-state index is 0.163. The first-order chi connectivity index (χ1) is 10.7. The highest BCUT2D eigenvalue weighted by Crippen LogP contribution is 2.21. The van der Waals surface area contributed by atoms with Gasteiger partial charge in [0.15, 0.2) is 0 Å². The predicted octanol–water partition coefficient (Wildman–Crippen LogP) is 3.78. The van der Waals surface area contributed by atoms with E-state index in [-0.39, 0.29) is 12.1 Å². The first kappa shape index (κ1) is 16.2. The molecule has 0 fully saturated rings. The molecule has 1 atom stereocenters. The van der Waals surface area contributed by atoms with Gasteiger partial charge in [-0.2, -0.15) is 0 Å². The predicted molar refractivity (Wildman–Crippen MR) is 88.3 cm³/mol. The van der Waals surface area contributed by atoms with Crippen LogP contribution in [0.5, 0.6) is 5.75 Å². The van der Waals surface area contributed by atoms with Gasteiger partial charge >= 0.3 is 6.03 Å². The zero-order valence-electron chi connectivity index (χ0n) is 12.4. The number of hydrogen-bond acceptors (Lipinski definition) is 2. The number of rotatable bonds is 6. The average Bonchev–Trinajstić information content (AvgIpc) is 2.53. The number of nitrogens with one attached hydrogen (secondary N) is 2. The van der Waals surface area contributed by atoms with Crippen molar-refractivity contribution in [1.29, 1.82) is 0 Å². The van der Waals surface area contributed by atoms with Gasteiger partial charge in [0, 0.05) is 5.02 Å². The number of carbonyl (C=O) groups excluding carboxylic acids is 1. The Hall–Kier alpha value is -2.20. The van der Waals surface area contributed by atoms with Crippen LogP contribution in [-0.2, 0) is 0 Å². The van der Waals surface area contributed by atoms with Crippen molar-refractivity contribution >= 4 is 17.6 Å². The molecule has 0 bridgehead atoms. The van der Waals surface area contributed by atoms with Gasteiger partial charge < -0.3 is 15.4 Å². The number of ether oxygens (including phenoxy) is 1. The number of benzene rings is 2. The van der Waals surface area contributed by atoms with E-state index in [1.165, 1.54) is 0 Å². The van der Waals surface area contributed by atoms with E-state index in [4.69, 9.17) is 16.3 Å². The molecule has 0 heterocycles. The van der Waals surface area contributed by atoms with Crippen LogP contribution in [0.15, 0.2) is 54.6 Å². The van der Waals surface area contributed by atoms with Gasteiger partial charge in [0.2, 0.25) is 0 Å². The summed E-state index contributed by atoms with van der Waals surface area (Å²) < 4.78 is 5.50. The molecule has 0 radical (unpaired) electrons. The summed E-state index contributed by atoms with van der Waals surface area (Å²) >= 11 is 6.11. The molecule has 0 aliphatic carbocycles. The standard InChI is InChI=1S/C17H19ClN2O2/c1-13(15-9-5-6-10-16(15)18)20-17(21)19-11-12-22-14-7-3-2-4-8-14/h2-10,13H,11-12H2,1H3,(H2,19,20,21). The van der Waals surface area contributed by atoms with Crippen LogP contribution in [0.1, 0.15) is 18.5 Å². The highest BCUT2D eigenvalue weighted by atomic mass is 35.5. The van der Waals surface area contributed by atoms with Crippen molar-refractivity contribution in [3.63, 3.8) is 0 Å². The number of carbonyl (C=O) groups is 1. The fourth-order valence-electron chi connectivity index (χ4n) is 2.00. The summed E-state index contributed by atoms with van der Waals surface area (Å²) in [5.74, 6) is 0.786. The van der Waals surface area contributed by atoms with Crippen molar-refractivity contribution in [2.75, 3.05) is 13.2 Å². The molecule has 0 saturated heterocycles. The van der Waals surface area contributed by atoms with E-state index in [9.17, 15) is 4.79 Å². The zero-order valence-corrected chi connectivity index (χ0v) is 13.1. The summed E-state index contributed by atoms with van der Waals surface area (Å²) in [5.41, 5.74) is 0.889. The second-order valence-electron chi connectivity index (χ2n) is 4.80. The van der Waals surface area contributed by atoms with E-state index in [1.807, 2.05) is 55.5 Å². The van der Waals surface area contributed by atoms with Gasteiger partial charge in [0.25, 0.3) is 0 Å². The summed E-state index contributed by atoms with van der Waals surface area (Å²) in [6.07, 6.45) is 0. The molecular weight excluding hydrogens is 300 g/mol. The van der Waals surface area contributed by atoms with Crippen LogP contribution in [0, 0.1) is 0 Å². The Bertz CT molecular complexity index is 605. The molecule has 2 aromatic carbocycles. The molecule has 0 aromatic heterocycles. The second kappa shape index (κ2) is 8.29. The monoisotopic (exact) mass is 318 g/mol. The molecule has 22 heavy (non-hydrogen) atoms. The first-order valence-corrected chi connectivity index (χ1v) is 7.51. The second-order valence-corrected chi connectivity index (χ2v) is 5.21. The number of urea groups is 1. The van der Waals surface area contributed by atoms with Gasteiger partial charge in [-0.1, -0.05) is 48.0 Å². The Kier molecular flexibility index (Phi) is 6.10. The van der Waals surface area contributed by atoms with Crippen molar-refractivity contribution in [2.45, 2.75) is 13.0 Å². The maximum atomic E-state index is 11.8. The van der Waals surface area contributed by atoms with E-state index in [1.54, 1.807) is 6.07 Å². The normalized spacial score (nSPS) is 11.5. The van der Waals surface area contributed by atoms with Crippen LogP contribution in [0.2, 0.25) is 5.02 Å². The molecule has 2 N–H and O–H groups in total. The number of halogens is 1. The zero-order chi connectivity index (χ0) is 15.8. The Balaban J connectivity index is 1.71. The third-order valence-electron chi connectivity index (χ3n) is 3.12. The maximum Gasteiger partial charge on any atom is 0.315 e. The molecule has 2 rings (SSSR count). The van der Waals surface area contributed by atoms with E-state index < -0.39 is 0 Å². The lowest BCUT2D eigenvalue weighted by Crippen LogP contribution is -2.39. The van der Waals surface area contributed by atoms with Crippen LogP contribution in [0.25, 0.3) is 0 Å². The summed E-state index contributed by atoms with van der Waals surface area (Å²) in [6.45, 7) is 2.73. The largest absolute Gasteiger partial charge is 0.492 e. The minimum Gasteiger partial charge on any atom is -0.492 e. The van der Waals surface area contributed by atoms with Gasteiger partial charge in [-0.25, -0.2) is 4.79 Å². The van der Waals surface area contributed by atoms with Crippen molar-refractivity contribution < 1.29 is 9.53 Å². The first-order valence-electron chi connectivity index (χ1n) is 7.13. The van der Waals surface area contributed by atoms with Crippen LogP contribution < -0.4 is 15.4 Å². The van der Waals surface area contributed by atoms with Gasteiger partial charge in [0.1, 0.15) is 12.4 Å². The number of hydrogen-bond donors (Lipinski definition) is 2. The summed E-state index contributed by atoms with van der Waals surface area (Å²) in [7, 11) is 0. The van der Waals surface area contributed by atoms with Crippen LogP contribution in [0.3, 0.4) is 0 Å². The molecule has 0 aliphatic rings. The fraction of sp³-hybridized carbons (Fsp3) is 0.235. The molecule has 0 saturated carbocycles. The third-order valence-corrected chi connectivity index (χ3v) is 3.46. The Morgan fingerprint density at radius 1 is 1.14 bits per heavy atom. The topological polar surface area (TPSA) is 50.4 Å². The Morgan fingerprint density at radius 3 is 2.55 bits per heavy atom. The highest BCUT2D eigenvalue weighted by molar-refractivity contribution is 6.31. The minimum atomic E-state index is -0.246. The van der Waals surface area contributed by atoms with E-state index in [0.29, 0.717) is 18.2 Å². The smallest absolute Gasteiger partial charge is 0.315 e. The molecule has 2 amide bonds. The Morgan fingerprint density at radius 2 is 1.82 bits per heavy atom. The van der Waals surface area contributed by atoms with Crippen molar-refractivity contribution in [3.05, 3.63) is 65.2 Å². The van der Waals surface area contributed by atoms with Crippen molar-refractivity contribution in [1.82, 2.24) is 10.6 Å². The summed E-state index contributed by atoms with van der Waals surface area (Å²) in [6, 6.07) is 16.5. The molecule has 0 aliphatic heterocycles. The van der Waals surface area contributed by atoms with Crippen LogP contribution in [0.4, 0.5) is 4.79 Å². The SMILES string of the molecule is CC(NC(=O)NCCOc1ccccc1)c1ccccc1Cl. The molecule has 2 aromatic rings. The summed E-state index contributed by atoms with van der Waals surface area (Å²) in [5, 5.41) is 6.24. The van der Waals surface area contributed by atoms with Crippen LogP contribution in [-0.4, -0.2) is 19.2 Å². The van der Waals surface area contributed by atoms with Gasteiger partial charge in [-0.05, 0) is 30.7 Å². The van der Waals surface area contributed by atoms with Gasteiger partial charge in [0.05, 0.1) is 12.6 Å². The molecule has 0 spiro atoms. The summed E-state index contributed by atoms with van der Waals surface area (Å²) in [4.78, 5) is 11.8. The van der Waals surface area contributed by atoms with E-state index in [0.717, 1.165) is 11.3 Å². The highest BCUT2D eigenvalue weighted by Gasteiger charge is 2.11. The molecular formula is C17H19ClN2O2. The fourth-order valence-corrected chi connectivity index (χ4v) is 2.30.